The molecule has 1 aromatic carbocycles. The van der Waals surface area contributed by atoms with Crippen molar-refractivity contribution in [2.45, 2.75) is 15.4 Å². The molecule has 1 aromatic heterocycles. The number of nitrogens with two attached hydrogens (primary N) is 1. The zero-order valence-corrected chi connectivity index (χ0v) is 10.9. The Morgan fingerprint density at radius 3 is 2.63 bits per heavy atom. The van der Waals surface area contributed by atoms with Crippen LogP contribution in [-0.2, 0) is 6.18 Å². The second kappa shape index (κ2) is 5.17. The van der Waals surface area contributed by atoms with E-state index in [1.165, 1.54) is 12.4 Å². The van der Waals surface area contributed by atoms with E-state index < -0.39 is 17.6 Å². The average molecular weight is 304 g/mol. The monoisotopic (exact) mass is 304 g/mol. The van der Waals surface area contributed by atoms with Crippen molar-refractivity contribution in [2.24, 2.45) is 5.73 Å². The van der Waals surface area contributed by atoms with Gasteiger partial charge in [0.25, 0.3) is 0 Å². The Bertz CT molecular complexity index is 595. The molecule has 0 aliphatic heterocycles. The minimum atomic E-state index is -4.46. The lowest BCUT2D eigenvalue weighted by atomic mass is 10.1. The highest BCUT2D eigenvalue weighted by Gasteiger charge is 2.31. The minimum Gasteiger partial charge on any atom is -0.384 e. The highest BCUT2D eigenvalue weighted by atomic mass is 32.2. The van der Waals surface area contributed by atoms with E-state index in [0.29, 0.717) is 9.24 Å². The van der Waals surface area contributed by atoms with E-state index in [9.17, 15) is 13.2 Å². The first-order valence-electron chi connectivity index (χ1n) is 4.88. The van der Waals surface area contributed by atoms with Gasteiger partial charge < -0.3 is 5.73 Å². The molecule has 0 aliphatic carbocycles. The Kier molecular flexibility index (Phi) is 3.76. The molecule has 1 heterocycles. The van der Waals surface area contributed by atoms with E-state index in [4.69, 9.17) is 11.1 Å². The maximum atomic E-state index is 12.6. The lowest BCUT2D eigenvalue weighted by molar-refractivity contribution is -0.137. The van der Waals surface area contributed by atoms with Gasteiger partial charge in [-0.25, -0.2) is 4.98 Å². The predicted octanol–water partition coefficient (Wildman–Crippen LogP) is 2.99. The maximum Gasteiger partial charge on any atom is 0.416 e. The van der Waals surface area contributed by atoms with E-state index >= 15 is 0 Å². The molecule has 0 aliphatic rings. The summed E-state index contributed by atoms with van der Waals surface area (Å²) in [6.07, 6.45) is -3.11. The van der Waals surface area contributed by atoms with Crippen LogP contribution >= 0.6 is 23.3 Å². The molecule has 0 unspecified atom stereocenters. The number of halogens is 3. The van der Waals surface area contributed by atoms with Gasteiger partial charge in [0.15, 0.2) is 4.34 Å². The van der Waals surface area contributed by atoms with Crippen LogP contribution < -0.4 is 5.73 Å². The molecule has 4 nitrogen and oxygen atoms in total. The van der Waals surface area contributed by atoms with Crippen molar-refractivity contribution >= 4 is 29.1 Å². The molecule has 0 radical (unpaired) electrons. The van der Waals surface area contributed by atoms with Gasteiger partial charge in [0.2, 0.25) is 0 Å². The average Bonchev–Trinajstić information content (AvgIpc) is 2.80. The normalized spacial score (nSPS) is 11.5. The molecular weight excluding hydrogens is 297 g/mol. The van der Waals surface area contributed by atoms with E-state index in [1.54, 1.807) is 0 Å². The zero-order valence-electron chi connectivity index (χ0n) is 9.23. The highest BCUT2D eigenvalue weighted by Crippen LogP contribution is 2.35. The van der Waals surface area contributed by atoms with Crippen molar-refractivity contribution in [1.82, 2.24) is 9.36 Å². The number of alkyl halides is 3. The molecule has 9 heteroatoms. The Morgan fingerprint density at radius 2 is 2.11 bits per heavy atom. The van der Waals surface area contributed by atoms with Crippen molar-refractivity contribution in [1.29, 1.82) is 5.41 Å². The lowest BCUT2D eigenvalue weighted by Crippen LogP contribution is -2.14. The fourth-order valence-electron chi connectivity index (χ4n) is 1.31. The van der Waals surface area contributed by atoms with Crippen LogP contribution in [0, 0.1) is 5.41 Å². The zero-order chi connectivity index (χ0) is 14.0. The number of nitrogens with one attached hydrogen (secondary N) is 1. The van der Waals surface area contributed by atoms with E-state index in [2.05, 4.69) is 9.36 Å². The highest BCUT2D eigenvalue weighted by molar-refractivity contribution is 8.01. The molecule has 0 saturated carbocycles. The van der Waals surface area contributed by atoms with Gasteiger partial charge in [-0.15, -0.1) is 0 Å². The third kappa shape index (κ3) is 3.24. The third-order valence-corrected chi connectivity index (χ3v) is 3.93. The number of benzene rings is 1. The molecule has 2 aromatic rings. The number of rotatable bonds is 3. The van der Waals surface area contributed by atoms with Crippen LogP contribution in [0.1, 0.15) is 11.1 Å². The summed E-state index contributed by atoms with van der Waals surface area (Å²) in [6, 6.07) is 3.10. The van der Waals surface area contributed by atoms with E-state index in [0.717, 1.165) is 35.4 Å². The number of amidine groups is 1. The van der Waals surface area contributed by atoms with Crippen molar-refractivity contribution in [2.75, 3.05) is 0 Å². The molecule has 19 heavy (non-hydrogen) atoms. The third-order valence-electron chi connectivity index (χ3n) is 2.14. The van der Waals surface area contributed by atoms with Gasteiger partial charge in [0.05, 0.1) is 5.56 Å². The molecule has 0 atom stereocenters. The summed E-state index contributed by atoms with van der Waals surface area (Å²) < 4.78 is 42.2. The van der Waals surface area contributed by atoms with Gasteiger partial charge in [0.1, 0.15) is 12.2 Å². The fraction of sp³-hybridized carbons (Fsp3) is 0.100. The predicted molar refractivity (Wildman–Crippen MR) is 66.5 cm³/mol. The van der Waals surface area contributed by atoms with Crippen molar-refractivity contribution in [3.63, 3.8) is 0 Å². The molecule has 0 amide bonds. The summed E-state index contributed by atoms with van der Waals surface area (Å²) in [5.74, 6) is -0.418. The summed E-state index contributed by atoms with van der Waals surface area (Å²) in [6.45, 7) is 0. The lowest BCUT2D eigenvalue weighted by Gasteiger charge is -2.11. The van der Waals surface area contributed by atoms with Gasteiger partial charge in [-0.2, -0.15) is 17.5 Å². The van der Waals surface area contributed by atoms with Gasteiger partial charge >= 0.3 is 6.18 Å². The van der Waals surface area contributed by atoms with Crippen molar-refractivity contribution in [3.8, 4) is 0 Å². The van der Waals surface area contributed by atoms with E-state index in [-0.39, 0.29) is 5.56 Å². The van der Waals surface area contributed by atoms with Crippen molar-refractivity contribution < 1.29 is 13.2 Å². The molecule has 3 N–H and O–H groups in total. The molecular formula is C10H7F3N4S2. The molecule has 0 bridgehead atoms. The number of aromatic nitrogens is 2. The van der Waals surface area contributed by atoms with Gasteiger partial charge in [-0.1, -0.05) is 11.8 Å². The summed E-state index contributed by atoms with van der Waals surface area (Å²) in [5, 5.41) is 7.37. The number of hydrogen-bond donors (Lipinski definition) is 2. The van der Waals surface area contributed by atoms with E-state index in [1.807, 2.05) is 0 Å². The Morgan fingerprint density at radius 1 is 1.37 bits per heavy atom. The number of nitrogen functional groups attached to an aromatic ring is 1. The molecule has 2 rings (SSSR count). The van der Waals surface area contributed by atoms with Gasteiger partial charge in [0, 0.05) is 10.5 Å². The van der Waals surface area contributed by atoms with Crippen LogP contribution in [0.5, 0.6) is 0 Å². The first kappa shape index (κ1) is 13.8. The van der Waals surface area contributed by atoms with Gasteiger partial charge in [-0.05, 0) is 29.7 Å². The largest absolute Gasteiger partial charge is 0.416 e. The Labute approximate surface area is 114 Å². The Hall–Kier alpha value is -1.61. The molecule has 0 fully saturated rings. The summed E-state index contributed by atoms with van der Waals surface area (Å²) >= 11 is 2.24. The SMILES string of the molecule is N=C(N)c1cc(C(F)(F)F)ccc1Sc1ncns1. The smallest absolute Gasteiger partial charge is 0.384 e. The Balaban J connectivity index is 2.41. The van der Waals surface area contributed by atoms with Crippen LogP contribution in [-0.4, -0.2) is 15.2 Å². The minimum absolute atomic E-state index is 0.0371. The summed E-state index contributed by atoms with van der Waals surface area (Å²) in [7, 11) is 0. The summed E-state index contributed by atoms with van der Waals surface area (Å²) in [5.41, 5.74) is 4.53. The maximum absolute atomic E-state index is 12.6. The standard InChI is InChI=1S/C10H7F3N4S2/c11-10(12,13)5-1-2-7(6(3-5)8(14)15)18-9-16-4-17-19-9/h1-4H,(H3,14,15). The van der Waals surface area contributed by atoms with Crippen LogP contribution in [0.3, 0.4) is 0 Å². The first-order chi connectivity index (χ1) is 8.88. The molecule has 100 valence electrons. The van der Waals surface area contributed by atoms with Gasteiger partial charge in [-0.3, -0.25) is 5.41 Å². The van der Waals surface area contributed by atoms with Crippen LogP contribution in [0.4, 0.5) is 13.2 Å². The molecule has 0 saturated heterocycles. The second-order valence-corrected chi connectivity index (χ2v) is 5.50. The molecule has 0 spiro atoms. The summed E-state index contributed by atoms with van der Waals surface area (Å²) in [4.78, 5) is 4.36. The van der Waals surface area contributed by atoms with Crippen molar-refractivity contribution in [3.05, 3.63) is 35.7 Å². The van der Waals surface area contributed by atoms with Crippen LogP contribution in [0.25, 0.3) is 0 Å². The van der Waals surface area contributed by atoms with Crippen LogP contribution in [0.15, 0.2) is 33.8 Å². The number of nitrogens with zero attached hydrogens (tertiary/aromatic N) is 2. The number of hydrogen-bond acceptors (Lipinski definition) is 5. The quantitative estimate of drug-likeness (QED) is 0.675. The first-order valence-corrected chi connectivity index (χ1v) is 6.47. The topological polar surface area (TPSA) is 75.7 Å². The fourth-order valence-corrected chi connectivity index (χ4v) is 2.84. The van der Waals surface area contributed by atoms with Crippen LogP contribution in [0.2, 0.25) is 0 Å². The second-order valence-electron chi connectivity index (χ2n) is 3.43.